The molecule has 1 unspecified atom stereocenters. The third-order valence-corrected chi connectivity index (χ3v) is 5.73. The van der Waals surface area contributed by atoms with E-state index in [-0.39, 0.29) is 6.61 Å². The molecule has 1 aliphatic rings. The number of halogens is 2. The molecule has 0 aromatic heterocycles. The van der Waals surface area contributed by atoms with Crippen LogP contribution in [0.5, 0.6) is 17.2 Å². The summed E-state index contributed by atoms with van der Waals surface area (Å²) in [6.07, 6.45) is -0.599. The van der Waals surface area contributed by atoms with E-state index in [4.69, 9.17) is 37.4 Å². The molecule has 0 radical (unpaired) electrons. The fourth-order valence-corrected chi connectivity index (χ4v) is 3.92. The van der Waals surface area contributed by atoms with E-state index in [0.717, 1.165) is 38.3 Å². The third kappa shape index (κ3) is 6.40. The number of aliphatic hydroxyl groups excluding tert-OH is 1. The summed E-state index contributed by atoms with van der Waals surface area (Å²) >= 11 is 12.3. The van der Waals surface area contributed by atoms with Crippen molar-refractivity contribution < 1.29 is 19.3 Å². The second kappa shape index (κ2) is 11.1. The fourth-order valence-electron chi connectivity index (χ4n) is 3.45. The van der Waals surface area contributed by atoms with E-state index in [1.165, 1.54) is 0 Å². The summed E-state index contributed by atoms with van der Waals surface area (Å²) in [5, 5.41) is 11.8. The number of methoxy groups -OCH3 is 2. The van der Waals surface area contributed by atoms with Crippen molar-refractivity contribution in [3.05, 3.63) is 52.0 Å². The third-order valence-electron chi connectivity index (χ3n) is 5.14. The molecule has 2 aromatic carbocycles. The SMILES string of the molecule is COc1ccc(OC)c(OCC(O)CN2CCN(Cc3ccc(Cl)cc3Cl)CC2)c1. The Labute approximate surface area is 187 Å². The van der Waals surface area contributed by atoms with Gasteiger partial charge in [0.05, 0.1) is 14.2 Å². The van der Waals surface area contributed by atoms with Crippen molar-refractivity contribution in [2.75, 3.05) is 53.6 Å². The zero-order chi connectivity index (χ0) is 21.5. The molecule has 0 spiro atoms. The molecule has 0 saturated carbocycles. The van der Waals surface area contributed by atoms with Gasteiger partial charge in [-0.2, -0.15) is 0 Å². The van der Waals surface area contributed by atoms with Gasteiger partial charge in [0.2, 0.25) is 0 Å². The molecule has 3 rings (SSSR count). The van der Waals surface area contributed by atoms with Crippen molar-refractivity contribution in [3.8, 4) is 17.2 Å². The highest BCUT2D eigenvalue weighted by atomic mass is 35.5. The highest BCUT2D eigenvalue weighted by Crippen LogP contribution is 2.31. The van der Waals surface area contributed by atoms with E-state index >= 15 is 0 Å². The largest absolute Gasteiger partial charge is 0.497 e. The van der Waals surface area contributed by atoms with Gasteiger partial charge in [0.1, 0.15) is 18.5 Å². The molecule has 1 saturated heterocycles. The van der Waals surface area contributed by atoms with Crippen LogP contribution in [0.15, 0.2) is 36.4 Å². The molecule has 164 valence electrons. The summed E-state index contributed by atoms with van der Waals surface area (Å²) in [5.74, 6) is 1.84. The molecule has 1 N–H and O–H groups in total. The molecule has 0 amide bonds. The van der Waals surface area contributed by atoms with Gasteiger partial charge in [0.15, 0.2) is 11.5 Å². The minimum Gasteiger partial charge on any atom is -0.497 e. The number of hydrogen-bond acceptors (Lipinski definition) is 6. The van der Waals surface area contributed by atoms with Crippen molar-refractivity contribution >= 4 is 23.2 Å². The highest BCUT2D eigenvalue weighted by Gasteiger charge is 2.20. The Morgan fingerprint density at radius 2 is 1.67 bits per heavy atom. The summed E-state index contributed by atoms with van der Waals surface area (Å²) in [5.41, 5.74) is 1.08. The summed E-state index contributed by atoms with van der Waals surface area (Å²) in [6, 6.07) is 11.0. The number of hydrogen-bond donors (Lipinski definition) is 1. The van der Waals surface area contributed by atoms with Gasteiger partial charge in [-0.15, -0.1) is 0 Å². The quantitative estimate of drug-likeness (QED) is 0.624. The Morgan fingerprint density at radius 1 is 0.933 bits per heavy atom. The second-order valence-corrected chi connectivity index (χ2v) is 8.14. The van der Waals surface area contributed by atoms with Crippen LogP contribution in [-0.4, -0.2) is 74.6 Å². The summed E-state index contributed by atoms with van der Waals surface area (Å²) in [4.78, 5) is 4.60. The first-order valence-corrected chi connectivity index (χ1v) is 10.7. The zero-order valence-electron chi connectivity index (χ0n) is 17.3. The van der Waals surface area contributed by atoms with Crippen LogP contribution >= 0.6 is 23.2 Å². The summed E-state index contributed by atoms with van der Waals surface area (Å²) in [6.45, 7) is 5.12. The molecule has 1 heterocycles. The fraction of sp³-hybridized carbons (Fsp3) is 0.455. The molecule has 8 heteroatoms. The van der Waals surface area contributed by atoms with Crippen molar-refractivity contribution in [3.63, 3.8) is 0 Å². The van der Waals surface area contributed by atoms with Crippen LogP contribution in [0.4, 0.5) is 0 Å². The van der Waals surface area contributed by atoms with Crippen LogP contribution in [0.25, 0.3) is 0 Å². The van der Waals surface area contributed by atoms with Gasteiger partial charge in [-0.05, 0) is 29.8 Å². The Bertz CT molecular complexity index is 829. The first-order chi connectivity index (χ1) is 14.5. The van der Waals surface area contributed by atoms with Gasteiger partial charge in [-0.3, -0.25) is 9.80 Å². The first-order valence-electron chi connectivity index (χ1n) is 9.90. The van der Waals surface area contributed by atoms with E-state index in [0.29, 0.717) is 33.8 Å². The molecule has 1 aliphatic heterocycles. The van der Waals surface area contributed by atoms with E-state index in [1.807, 2.05) is 12.1 Å². The monoisotopic (exact) mass is 454 g/mol. The average molecular weight is 455 g/mol. The van der Waals surface area contributed by atoms with Crippen LogP contribution < -0.4 is 14.2 Å². The Morgan fingerprint density at radius 3 is 2.33 bits per heavy atom. The zero-order valence-corrected chi connectivity index (χ0v) is 18.8. The lowest BCUT2D eigenvalue weighted by Crippen LogP contribution is -2.48. The van der Waals surface area contributed by atoms with Crippen molar-refractivity contribution in [2.45, 2.75) is 12.6 Å². The number of β-amino-alcohol motifs (C(OH)–C–C–N with tert-alkyl or cyclic N) is 1. The molecule has 6 nitrogen and oxygen atoms in total. The number of nitrogens with zero attached hydrogens (tertiary/aromatic N) is 2. The number of rotatable bonds is 9. The Hall–Kier alpha value is -1.70. The maximum absolute atomic E-state index is 10.4. The molecule has 0 aliphatic carbocycles. The van der Waals surface area contributed by atoms with Gasteiger partial charge in [0, 0.05) is 55.4 Å². The predicted octanol–water partition coefficient (Wildman–Crippen LogP) is 3.57. The van der Waals surface area contributed by atoms with Gasteiger partial charge in [0.25, 0.3) is 0 Å². The molecule has 1 fully saturated rings. The van der Waals surface area contributed by atoms with E-state index in [1.54, 1.807) is 38.5 Å². The molecular weight excluding hydrogens is 427 g/mol. The number of aliphatic hydroxyl groups is 1. The van der Waals surface area contributed by atoms with Crippen molar-refractivity contribution in [2.24, 2.45) is 0 Å². The van der Waals surface area contributed by atoms with Gasteiger partial charge < -0.3 is 19.3 Å². The minimum atomic E-state index is -0.599. The van der Waals surface area contributed by atoms with Crippen LogP contribution in [0.1, 0.15) is 5.56 Å². The van der Waals surface area contributed by atoms with Crippen molar-refractivity contribution in [1.29, 1.82) is 0 Å². The number of ether oxygens (including phenoxy) is 3. The molecule has 2 aromatic rings. The lowest BCUT2D eigenvalue weighted by Gasteiger charge is -2.35. The van der Waals surface area contributed by atoms with Crippen LogP contribution in [0, 0.1) is 0 Å². The summed E-state index contributed by atoms with van der Waals surface area (Å²) in [7, 11) is 3.18. The van der Waals surface area contributed by atoms with Gasteiger partial charge >= 0.3 is 0 Å². The Kier molecular flexibility index (Phi) is 8.48. The smallest absolute Gasteiger partial charge is 0.164 e. The van der Waals surface area contributed by atoms with Crippen LogP contribution in [-0.2, 0) is 6.54 Å². The predicted molar refractivity (Wildman–Crippen MR) is 119 cm³/mol. The van der Waals surface area contributed by atoms with Crippen LogP contribution in [0.3, 0.4) is 0 Å². The van der Waals surface area contributed by atoms with Crippen LogP contribution in [0.2, 0.25) is 10.0 Å². The van der Waals surface area contributed by atoms with Crippen molar-refractivity contribution in [1.82, 2.24) is 9.80 Å². The van der Waals surface area contributed by atoms with Gasteiger partial charge in [-0.25, -0.2) is 0 Å². The van der Waals surface area contributed by atoms with Gasteiger partial charge in [-0.1, -0.05) is 29.3 Å². The maximum Gasteiger partial charge on any atom is 0.164 e. The Balaban J connectivity index is 1.43. The minimum absolute atomic E-state index is 0.185. The maximum atomic E-state index is 10.4. The van der Waals surface area contributed by atoms with E-state index in [9.17, 15) is 5.11 Å². The van der Waals surface area contributed by atoms with E-state index < -0.39 is 6.10 Å². The molecular formula is C22H28Cl2N2O4. The second-order valence-electron chi connectivity index (χ2n) is 7.29. The molecule has 1 atom stereocenters. The standard InChI is InChI=1S/C22H28Cl2N2O4/c1-28-19-5-6-21(29-2)22(12-19)30-15-18(27)14-26-9-7-25(8-10-26)13-16-3-4-17(23)11-20(16)24/h3-6,11-12,18,27H,7-10,13-15H2,1-2H3. The normalized spacial score (nSPS) is 16.3. The first kappa shape index (κ1) is 23.0. The average Bonchev–Trinajstić information content (AvgIpc) is 2.75. The molecule has 30 heavy (non-hydrogen) atoms. The van der Waals surface area contributed by atoms with E-state index in [2.05, 4.69) is 9.80 Å². The topological polar surface area (TPSA) is 54.4 Å². The summed E-state index contributed by atoms with van der Waals surface area (Å²) < 4.78 is 16.3. The lowest BCUT2D eigenvalue weighted by molar-refractivity contribution is 0.0440. The number of benzene rings is 2. The number of piperazine rings is 1. The lowest BCUT2D eigenvalue weighted by atomic mass is 10.2. The highest BCUT2D eigenvalue weighted by molar-refractivity contribution is 6.35. The molecule has 0 bridgehead atoms.